The summed E-state index contributed by atoms with van der Waals surface area (Å²) in [5, 5.41) is 10.0. The van der Waals surface area contributed by atoms with Gasteiger partial charge in [0.1, 0.15) is 12.2 Å². The third-order valence-electron chi connectivity index (χ3n) is 6.67. The summed E-state index contributed by atoms with van der Waals surface area (Å²) in [7, 11) is 0. The Bertz CT molecular complexity index is 1160. The highest BCUT2D eigenvalue weighted by Crippen LogP contribution is 2.26. The third kappa shape index (κ3) is 5.42. The molecule has 2 amide bonds. The lowest BCUT2D eigenvalue weighted by Crippen LogP contribution is -2.47. The van der Waals surface area contributed by atoms with Crippen LogP contribution in [-0.4, -0.2) is 50.7 Å². The second-order valence-electron chi connectivity index (χ2n) is 9.51. The molecule has 1 fully saturated rings. The van der Waals surface area contributed by atoms with E-state index in [1.165, 1.54) is 4.90 Å². The number of carbonyl (C=O) groups is 2. The predicted molar refractivity (Wildman–Crippen MR) is 132 cm³/mol. The summed E-state index contributed by atoms with van der Waals surface area (Å²) >= 11 is 0. The SMILES string of the molecule is Cc1n[nH]c(C)c1CC(=O)N1CC(F)CC1C(=O)NC(c1ccccc1)c1ccc(C(C)C)cn1. The van der Waals surface area contributed by atoms with Crippen LogP contribution in [0.1, 0.15) is 66.0 Å². The maximum absolute atomic E-state index is 14.5. The zero-order valence-electron chi connectivity index (χ0n) is 20.6. The van der Waals surface area contributed by atoms with Crippen molar-refractivity contribution in [3.05, 3.63) is 82.4 Å². The van der Waals surface area contributed by atoms with Gasteiger partial charge in [-0.05, 0) is 37.0 Å². The van der Waals surface area contributed by atoms with Crippen LogP contribution in [0.4, 0.5) is 4.39 Å². The summed E-state index contributed by atoms with van der Waals surface area (Å²) in [4.78, 5) is 32.6. The van der Waals surface area contributed by atoms with Crippen LogP contribution in [0.25, 0.3) is 0 Å². The Morgan fingerprint density at radius 1 is 1.14 bits per heavy atom. The van der Waals surface area contributed by atoms with Crippen molar-refractivity contribution >= 4 is 11.8 Å². The van der Waals surface area contributed by atoms with Crippen LogP contribution in [0.15, 0.2) is 48.7 Å². The molecule has 184 valence electrons. The molecule has 3 heterocycles. The van der Waals surface area contributed by atoms with Gasteiger partial charge in [-0.2, -0.15) is 5.10 Å². The van der Waals surface area contributed by atoms with Gasteiger partial charge in [-0.25, -0.2) is 4.39 Å². The second kappa shape index (κ2) is 10.4. The minimum atomic E-state index is -1.25. The molecule has 3 unspecified atom stereocenters. The summed E-state index contributed by atoms with van der Waals surface area (Å²) in [5.74, 6) is -0.334. The highest BCUT2D eigenvalue weighted by Gasteiger charge is 2.40. The lowest BCUT2D eigenvalue weighted by atomic mass is 10.00. The Morgan fingerprint density at radius 3 is 2.49 bits per heavy atom. The fourth-order valence-corrected chi connectivity index (χ4v) is 4.54. The lowest BCUT2D eigenvalue weighted by Gasteiger charge is -2.27. The molecule has 2 aromatic heterocycles. The van der Waals surface area contributed by atoms with Gasteiger partial charge in [-0.3, -0.25) is 19.7 Å². The number of aryl methyl sites for hydroxylation is 2. The molecule has 4 rings (SSSR count). The minimum Gasteiger partial charge on any atom is -0.342 e. The van der Waals surface area contributed by atoms with E-state index in [0.29, 0.717) is 11.6 Å². The molecule has 2 N–H and O–H groups in total. The number of hydrogen-bond donors (Lipinski definition) is 2. The van der Waals surface area contributed by atoms with Crippen molar-refractivity contribution in [2.75, 3.05) is 6.54 Å². The fraction of sp³-hybridized carbons (Fsp3) is 0.407. The average molecular weight is 478 g/mol. The van der Waals surface area contributed by atoms with Crippen molar-refractivity contribution in [1.29, 1.82) is 0 Å². The van der Waals surface area contributed by atoms with Crippen molar-refractivity contribution in [3.8, 4) is 0 Å². The first kappa shape index (κ1) is 24.6. The van der Waals surface area contributed by atoms with Crippen LogP contribution in [0.5, 0.6) is 0 Å². The number of nitrogens with one attached hydrogen (secondary N) is 2. The number of rotatable bonds is 7. The highest BCUT2D eigenvalue weighted by atomic mass is 19.1. The van der Waals surface area contributed by atoms with Gasteiger partial charge in [-0.15, -0.1) is 0 Å². The van der Waals surface area contributed by atoms with Gasteiger partial charge in [-0.1, -0.05) is 50.2 Å². The zero-order chi connectivity index (χ0) is 25.1. The fourth-order valence-electron chi connectivity index (χ4n) is 4.54. The van der Waals surface area contributed by atoms with E-state index in [-0.39, 0.29) is 31.2 Å². The Balaban J connectivity index is 1.56. The number of H-pyrrole nitrogens is 1. The molecule has 7 nitrogen and oxygen atoms in total. The Hall–Kier alpha value is -3.55. The van der Waals surface area contributed by atoms with Gasteiger partial charge in [0.05, 0.1) is 30.4 Å². The monoisotopic (exact) mass is 477 g/mol. The molecule has 1 aliphatic rings. The smallest absolute Gasteiger partial charge is 0.243 e. The molecule has 35 heavy (non-hydrogen) atoms. The van der Waals surface area contributed by atoms with E-state index in [9.17, 15) is 14.0 Å². The maximum atomic E-state index is 14.5. The number of amides is 2. The molecule has 1 aliphatic heterocycles. The van der Waals surface area contributed by atoms with Crippen LogP contribution in [0.3, 0.4) is 0 Å². The first-order chi connectivity index (χ1) is 16.7. The van der Waals surface area contributed by atoms with Crippen LogP contribution in [-0.2, 0) is 16.0 Å². The zero-order valence-corrected chi connectivity index (χ0v) is 20.6. The average Bonchev–Trinajstić information content (AvgIpc) is 3.40. The molecule has 0 bridgehead atoms. The number of likely N-dealkylation sites (tertiary alicyclic amines) is 1. The lowest BCUT2D eigenvalue weighted by molar-refractivity contribution is -0.138. The number of alkyl halides is 1. The molecule has 0 aliphatic carbocycles. The molecule has 0 spiro atoms. The molecule has 0 radical (unpaired) electrons. The van der Waals surface area contributed by atoms with Crippen LogP contribution in [0.2, 0.25) is 0 Å². The number of aromatic nitrogens is 3. The van der Waals surface area contributed by atoms with E-state index in [1.54, 1.807) is 0 Å². The quantitative estimate of drug-likeness (QED) is 0.539. The molecule has 3 aromatic rings. The number of nitrogens with zero attached hydrogens (tertiary/aromatic N) is 3. The Kier molecular flexibility index (Phi) is 7.28. The molecule has 1 saturated heterocycles. The molecular weight excluding hydrogens is 445 g/mol. The first-order valence-corrected chi connectivity index (χ1v) is 12.0. The Labute approximate surface area is 205 Å². The molecule has 1 aromatic carbocycles. The molecule has 3 atom stereocenters. The van der Waals surface area contributed by atoms with Crippen molar-refractivity contribution in [1.82, 2.24) is 25.4 Å². The second-order valence-corrected chi connectivity index (χ2v) is 9.51. The number of aromatic amines is 1. The number of carbonyl (C=O) groups excluding carboxylic acids is 2. The predicted octanol–water partition coefficient (Wildman–Crippen LogP) is 3.93. The summed E-state index contributed by atoms with van der Waals surface area (Å²) < 4.78 is 14.5. The summed E-state index contributed by atoms with van der Waals surface area (Å²) in [6.45, 7) is 7.76. The third-order valence-corrected chi connectivity index (χ3v) is 6.67. The van der Waals surface area contributed by atoms with Crippen molar-refractivity contribution in [2.45, 2.75) is 64.7 Å². The number of benzene rings is 1. The summed E-state index contributed by atoms with van der Waals surface area (Å²) in [5.41, 5.74) is 4.97. The van der Waals surface area contributed by atoms with Crippen LogP contribution < -0.4 is 5.32 Å². The van der Waals surface area contributed by atoms with E-state index in [1.807, 2.05) is 62.5 Å². The number of hydrogen-bond acceptors (Lipinski definition) is 4. The summed E-state index contributed by atoms with van der Waals surface area (Å²) in [6, 6.07) is 12.1. The van der Waals surface area contributed by atoms with E-state index in [2.05, 4.69) is 34.3 Å². The van der Waals surface area contributed by atoms with Gasteiger partial charge in [0.25, 0.3) is 0 Å². The number of halogens is 1. The van der Waals surface area contributed by atoms with Crippen molar-refractivity contribution < 1.29 is 14.0 Å². The van der Waals surface area contributed by atoms with Gasteiger partial charge in [0.2, 0.25) is 11.8 Å². The van der Waals surface area contributed by atoms with Gasteiger partial charge >= 0.3 is 0 Å². The van der Waals surface area contributed by atoms with Gasteiger partial charge in [0.15, 0.2) is 0 Å². The van der Waals surface area contributed by atoms with E-state index < -0.39 is 18.3 Å². The van der Waals surface area contributed by atoms with Crippen molar-refractivity contribution in [3.63, 3.8) is 0 Å². The van der Waals surface area contributed by atoms with Crippen molar-refractivity contribution in [2.24, 2.45) is 0 Å². The molecule has 8 heteroatoms. The first-order valence-electron chi connectivity index (χ1n) is 12.0. The standard InChI is InChI=1S/C27H32FN5O2/c1-16(2)20-10-11-23(29-14-20)26(19-8-6-5-7-9-19)30-27(35)24-12-21(28)15-33(24)25(34)13-22-17(3)31-32-18(22)4/h5-11,14,16,21,24,26H,12-13,15H2,1-4H3,(H,30,35)(H,31,32). The van der Waals surface area contributed by atoms with Gasteiger partial charge < -0.3 is 10.2 Å². The molecule has 0 saturated carbocycles. The number of pyridine rings is 1. The van der Waals surface area contributed by atoms with Crippen LogP contribution in [0, 0.1) is 13.8 Å². The normalized spacial score (nSPS) is 18.6. The van der Waals surface area contributed by atoms with E-state index in [0.717, 1.165) is 28.1 Å². The largest absolute Gasteiger partial charge is 0.342 e. The van der Waals surface area contributed by atoms with Gasteiger partial charge in [0, 0.05) is 23.9 Å². The van der Waals surface area contributed by atoms with E-state index in [4.69, 9.17) is 0 Å². The molecular formula is C27H32FN5O2. The Morgan fingerprint density at radius 2 is 1.89 bits per heavy atom. The minimum absolute atomic E-state index is 0.0256. The highest BCUT2D eigenvalue weighted by molar-refractivity contribution is 5.89. The summed E-state index contributed by atoms with van der Waals surface area (Å²) in [6.07, 6.45) is 0.619. The topological polar surface area (TPSA) is 91.0 Å². The van der Waals surface area contributed by atoms with Crippen LogP contribution >= 0.6 is 0 Å². The maximum Gasteiger partial charge on any atom is 0.243 e. The van der Waals surface area contributed by atoms with E-state index >= 15 is 0 Å².